The number of amides is 2. The molecule has 2 rings (SSSR count). The van der Waals surface area contributed by atoms with E-state index in [0.717, 1.165) is 31.7 Å². The van der Waals surface area contributed by atoms with Crippen molar-refractivity contribution in [1.82, 2.24) is 15.1 Å². The van der Waals surface area contributed by atoms with Crippen LogP contribution in [0.2, 0.25) is 0 Å². The molecule has 1 aromatic rings. The van der Waals surface area contributed by atoms with Crippen LogP contribution in [0.4, 0.5) is 0 Å². The van der Waals surface area contributed by atoms with Gasteiger partial charge in [-0.3, -0.25) is 9.59 Å². The topological polar surface area (TPSA) is 78.7 Å². The lowest BCUT2D eigenvalue weighted by atomic mass is 10.1. The summed E-state index contributed by atoms with van der Waals surface area (Å²) in [5.74, 6) is -0.163. The average Bonchev–Trinajstić information content (AvgIpc) is 2.59. The zero-order valence-electron chi connectivity index (χ0n) is 14.7. The molecule has 0 aliphatic carbocycles. The lowest BCUT2D eigenvalue weighted by molar-refractivity contribution is -0.124. The van der Waals surface area contributed by atoms with Crippen LogP contribution in [0.1, 0.15) is 22.8 Å². The quantitative estimate of drug-likeness (QED) is 0.789. The number of carbonyl (C=O) groups is 2. The summed E-state index contributed by atoms with van der Waals surface area (Å²) in [5, 5.41) is 2.85. The molecule has 0 saturated carbocycles. The molecule has 1 aliphatic rings. The first kappa shape index (κ1) is 23.7. The first-order valence-corrected chi connectivity index (χ1v) is 8.05. The Balaban J connectivity index is 0.00000288. The molecule has 0 bridgehead atoms. The molecule has 1 fully saturated rings. The highest BCUT2D eigenvalue weighted by Gasteiger charge is 2.20. The fourth-order valence-electron chi connectivity index (χ4n) is 2.43. The predicted molar refractivity (Wildman–Crippen MR) is 104 cm³/mol. The number of likely N-dealkylation sites (N-methyl/N-ethyl adjacent to an activating group) is 1. The van der Waals surface area contributed by atoms with Crippen molar-refractivity contribution in [1.29, 1.82) is 0 Å². The Kier molecular flexibility index (Phi) is 10.7. The molecule has 0 spiro atoms. The summed E-state index contributed by atoms with van der Waals surface area (Å²) in [4.78, 5) is 28.2. The minimum Gasteiger partial charge on any atom is -0.352 e. The van der Waals surface area contributed by atoms with E-state index < -0.39 is 0 Å². The Morgan fingerprint density at radius 2 is 1.68 bits per heavy atom. The smallest absolute Gasteiger partial charge is 0.253 e. The van der Waals surface area contributed by atoms with Crippen molar-refractivity contribution >= 4 is 36.6 Å². The molecule has 25 heavy (non-hydrogen) atoms. The Morgan fingerprint density at radius 1 is 1.12 bits per heavy atom. The monoisotopic (exact) mass is 390 g/mol. The first-order valence-electron chi connectivity index (χ1n) is 8.05. The third kappa shape index (κ3) is 6.82. The Labute approximate surface area is 161 Å². The van der Waals surface area contributed by atoms with Crippen LogP contribution in [0.5, 0.6) is 0 Å². The number of piperazine rings is 1. The van der Waals surface area contributed by atoms with E-state index in [1.54, 1.807) is 6.92 Å². The molecule has 2 amide bonds. The molecule has 3 N–H and O–H groups in total. The van der Waals surface area contributed by atoms with E-state index >= 15 is 0 Å². The van der Waals surface area contributed by atoms with Crippen LogP contribution in [-0.4, -0.2) is 61.4 Å². The summed E-state index contributed by atoms with van der Waals surface area (Å²) in [6.07, 6.45) is 0. The lowest BCUT2D eigenvalue weighted by Crippen LogP contribution is -2.47. The maximum Gasteiger partial charge on any atom is 0.253 e. The summed E-state index contributed by atoms with van der Waals surface area (Å²) in [6.45, 7) is 5.95. The number of hydrogen-bond donors (Lipinski definition) is 2. The van der Waals surface area contributed by atoms with Crippen LogP contribution in [0.25, 0.3) is 0 Å². The molecular formula is C17H28Cl2N4O2. The largest absolute Gasteiger partial charge is 0.352 e. The van der Waals surface area contributed by atoms with Gasteiger partial charge >= 0.3 is 0 Å². The van der Waals surface area contributed by atoms with E-state index in [1.165, 1.54) is 0 Å². The van der Waals surface area contributed by atoms with Crippen LogP contribution in [0, 0.1) is 5.92 Å². The highest BCUT2D eigenvalue weighted by atomic mass is 35.5. The molecule has 1 unspecified atom stereocenters. The van der Waals surface area contributed by atoms with E-state index in [-0.39, 0.29) is 42.5 Å². The van der Waals surface area contributed by atoms with Gasteiger partial charge in [0.25, 0.3) is 5.91 Å². The second-order valence-corrected chi connectivity index (χ2v) is 6.15. The highest BCUT2D eigenvalue weighted by molar-refractivity contribution is 5.94. The van der Waals surface area contributed by atoms with Crippen molar-refractivity contribution in [3.05, 3.63) is 35.4 Å². The highest BCUT2D eigenvalue weighted by Crippen LogP contribution is 2.10. The molecule has 1 atom stereocenters. The first-order chi connectivity index (χ1) is 11.0. The van der Waals surface area contributed by atoms with Crippen molar-refractivity contribution in [2.45, 2.75) is 13.5 Å². The molecule has 8 heteroatoms. The summed E-state index contributed by atoms with van der Waals surface area (Å²) in [7, 11) is 2.07. The van der Waals surface area contributed by atoms with Crippen LogP contribution in [-0.2, 0) is 11.3 Å². The van der Waals surface area contributed by atoms with Gasteiger partial charge in [0.1, 0.15) is 0 Å². The van der Waals surface area contributed by atoms with Crippen molar-refractivity contribution in [3.8, 4) is 0 Å². The van der Waals surface area contributed by atoms with Crippen LogP contribution >= 0.6 is 24.8 Å². The van der Waals surface area contributed by atoms with Gasteiger partial charge in [-0.15, -0.1) is 24.8 Å². The Bertz CT molecular complexity index is 546. The number of rotatable bonds is 5. The summed E-state index contributed by atoms with van der Waals surface area (Å²) in [5.41, 5.74) is 7.13. The molecule has 1 aromatic carbocycles. The molecule has 0 radical (unpaired) electrons. The normalized spacial score (nSPS) is 15.6. The van der Waals surface area contributed by atoms with Crippen molar-refractivity contribution in [3.63, 3.8) is 0 Å². The molecule has 0 aromatic heterocycles. The molecule has 1 aliphatic heterocycles. The van der Waals surface area contributed by atoms with E-state index in [1.807, 2.05) is 29.2 Å². The third-order valence-electron chi connectivity index (χ3n) is 4.26. The Morgan fingerprint density at radius 3 is 2.20 bits per heavy atom. The van der Waals surface area contributed by atoms with Crippen molar-refractivity contribution in [2.24, 2.45) is 11.7 Å². The maximum atomic E-state index is 12.4. The fourth-order valence-corrected chi connectivity index (χ4v) is 2.43. The van der Waals surface area contributed by atoms with Gasteiger partial charge in [0.05, 0.1) is 0 Å². The minimum atomic E-state index is -0.187. The maximum absolute atomic E-state index is 12.4. The van der Waals surface area contributed by atoms with Crippen LogP contribution in [0.3, 0.4) is 0 Å². The summed E-state index contributed by atoms with van der Waals surface area (Å²) >= 11 is 0. The van der Waals surface area contributed by atoms with Gasteiger partial charge in [0.15, 0.2) is 0 Å². The predicted octanol–water partition coefficient (Wildman–Crippen LogP) is 1.13. The number of halogens is 2. The average molecular weight is 391 g/mol. The van der Waals surface area contributed by atoms with Crippen molar-refractivity contribution < 1.29 is 9.59 Å². The zero-order chi connectivity index (χ0) is 16.8. The van der Waals surface area contributed by atoms with E-state index in [2.05, 4.69) is 17.3 Å². The molecule has 1 saturated heterocycles. The third-order valence-corrected chi connectivity index (χ3v) is 4.26. The molecule has 1 heterocycles. The summed E-state index contributed by atoms with van der Waals surface area (Å²) < 4.78 is 0. The SMILES string of the molecule is CC(CN)C(=O)NCc1ccc(C(=O)N2CCN(C)CC2)cc1.Cl.Cl. The van der Waals surface area contributed by atoms with Gasteiger partial charge in [0, 0.05) is 50.7 Å². The Hall–Kier alpha value is -1.34. The summed E-state index contributed by atoms with van der Waals surface area (Å²) in [6, 6.07) is 7.43. The van der Waals surface area contributed by atoms with Gasteiger partial charge < -0.3 is 20.9 Å². The molecular weight excluding hydrogens is 363 g/mol. The van der Waals surface area contributed by atoms with Gasteiger partial charge in [-0.1, -0.05) is 19.1 Å². The van der Waals surface area contributed by atoms with Crippen LogP contribution in [0.15, 0.2) is 24.3 Å². The van der Waals surface area contributed by atoms with Gasteiger partial charge in [0.2, 0.25) is 5.91 Å². The standard InChI is InChI=1S/C17H26N4O2.2ClH/c1-13(11-18)16(22)19-12-14-3-5-15(6-4-14)17(23)21-9-7-20(2)8-10-21;;/h3-6,13H,7-12,18H2,1-2H3,(H,19,22);2*1H. The van der Waals surface area contributed by atoms with Crippen molar-refractivity contribution in [2.75, 3.05) is 39.8 Å². The second-order valence-electron chi connectivity index (χ2n) is 6.15. The minimum absolute atomic E-state index is 0. The number of nitrogens with zero attached hydrogens (tertiary/aromatic N) is 2. The van der Waals surface area contributed by atoms with Gasteiger partial charge in [-0.05, 0) is 24.7 Å². The number of carbonyl (C=O) groups excluding carboxylic acids is 2. The second kappa shape index (κ2) is 11.3. The number of nitrogens with one attached hydrogen (secondary N) is 1. The van der Waals surface area contributed by atoms with Gasteiger partial charge in [-0.2, -0.15) is 0 Å². The zero-order valence-corrected chi connectivity index (χ0v) is 16.4. The van der Waals surface area contributed by atoms with Gasteiger partial charge in [-0.25, -0.2) is 0 Å². The lowest BCUT2D eigenvalue weighted by Gasteiger charge is -2.32. The fraction of sp³-hybridized carbons (Fsp3) is 0.529. The molecule has 142 valence electrons. The number of nitrogens with two attached hydrogens (primary N) is 1. The molecule has 6 nitrogen and oxygen atoms in total. The van der Waals surface area contributed by atoms with Crippen LogP contribution < -0.4 is 11.1 Å². The van der Waals surface area contributed by atoms with E-state index in [4.69, 9.17) is 5.73 Å². The number of benzene rings is 1. The van der Waals surface area contributed by atoms with E-state index in [9.17, 15) is 9.59 Å². The number of hydrogen-bond acceptors (Lipinski definition) is 4. The van der Waals surface area contributed by atoms with E-state index in [0.29, 0.717) is 18.7 Å².